The Balaban J connectivity index is 0.000000202. The number of carbonyl (C=O) groups excluding carboxylic acids is 4. The Labute approximate surface area is 514 Å². The molecule has 0 aromatic heterocycles. The van der Waals surface area contributed by atoms with Crippen LogP contribution in [0.3, 0.4) is 0 Å². The Kier molecular flexibility index (Phi) is 18.9. The summed E-state index contributed by atoms with van der Waals surface area (Å²) in [5, 5.41) is 25.8. The SMILES string of the molecule is CC(C)(C)OC(=O)N1C[C@H](C(=O)N(Cc2cccc(Cl)c2Cl)C2CC2)[C@@H](c2cccc(-c3ccccc3)c2)[C@@](C)(O)C1.CC(C)(C)OC(=O)N1C[C@H](C(=O)N(Cc2cccc(Cl)c2Cl)C2CC2)[C@@H](c2cccc(-c3ccccc3)c2)[C@](C)(O)C1. The summed E-state index contributed by atoms with van der Waals surface area (Å²) in [5.74, 6) is -2.82. The molecule has 6 aromatic carbocycles. The standard InChI is InChI=1S/2C34H38Cl2N2O4/c2*1-33(2,3)42-32(40)37-20-27(31(39)38(26-16-17-26)19-25-14-9-15-28(35)30(25)36)29(34(4,41)21-37)24-13-8-12-23(18-24)22-10-6-5-7-11-22/h2*5-15,18,26-27,29,41H,16-17,19-21H2,1-4H3/t27-,29+,34+;27-,29+,34-/m00/s1. The number of nitrogens with zero attached hydrogens (tertiary/aromatic N) is 4. The number of aliphatic hydroxyl groups is 2. The molecule has 4 amide bonds. The number of halogens is 4. The molecule has 0 unspecified atom stereocenters. The van der Waals surface area contributed by atoms with Crippen molar-refractivity contribution in [3.05, 3.63) is 188 Å². The van der Waals surface area contributed by atoms with Crippen molar-refractivity contribution in [3.63, 3.8) is 0 Å². The topological polar surface area (TPSA) is 140 Å². The van der Waals surface area contributed by atoms with E-state index in [0.717, 1.165) is 70.2 Å². The summed E-state index contributed by atoms with van der Waals surface area (Å²) in [5.41, 5.74) is 3.05. The summed E-state index contributed by atoms with van der Waals surface area (Å²) in [6, 6.07) is 47.0. The van der Waals surface area contributed by atoms with E-state index in [1.54, 1.807) is 67.5 Å². The molecule has 2 aliphatic carbocycles. The number of amides is 4. The lowest BCUT2D eigenvalue weighted by atomic mass is 9.70. The maximum atomic E-state index is 14.6. The van der Waals surface area contributed by atoms with Crippen LogP contribution in [-0.4, -0.2) is 114 Å². The Morgan fingerprint density at radius 1 is 0.500 bits per heavy atom. The van der Waals surface area contributed by atoms with Gasteiger partial charge in [-0.15, -0.1) is 0 Å². The fraction of sp³-hybridized carbons (Fsp3) is 0.412. The highest BCUT2D eigenvalue weighted by Crippen LogP contribution is 2.47. The molecule has 0 radical (unpaired) electrons. The lowest BCUT2D eigenvalue weighted by Crippen LogP contribution is -2.60. The van der Waals surface area contributed by atoms with Gasteiger partial charge in [-0.1, -0.05) is 180 Å². The average Bonchev–Trinajstić information content (AvgIpc) is 1.24. The van der Waals surface area contributed by atoms with Crippen LogP contribution >= 0.6 is 46.4 Å². The molecular weight excluding hydrogens is 1140 g/mol. The Hall–Kier alpha value is -6.12. The predicted molar refractivity (Wildman–Crippen MR) is 333 cm³/mol. The molecule has 6 aromatic rings. The minimum Gasteiger partial charge on any atom is -0.444 e. The van der Waals surface area contributed by atoms with E-state index in [9.17, 15) is 29.4 Å². The molecule has 10 rings (SSSR count). The number of hydrogen-bond donors (Lipinski definition) is 2. The monoisotopic (exact) mass is 1220 g/mol. The number of benzene rings is 6. The number of hydrogen-bond acceptors (Lipinski definition) is 8. The van der Waals surface area contributed by atoms with Crippen molar-refractivity contribution in [2.45, 2.75) is 140 Å². The number of piperidine rings is 2. The largest absolute Gasteiger partial charge is 0.444 e. The molecule has 2 aliphatic heterocycles. The number of carbonyl (C=O) groups is 4. The lowest BCUT2D eigenvalue weighted by Gasteiger charge is -2.48. The molecule has 4 fully saturated rings. The van der Waals surface area contributed by atoms with E-state index in [0.29, 0.717) is 33.2 Å². The minimum atomic E-state index is -1.41. The van der Waals surface area contributed by atoms with Crippen molar-refractivity contribution in [2.24, 2.45) is 11.8 Å². The van der Waals surface area contributed by atoms with Gasteiger partial charge in [0.2, 0.25) is 11.8 Å². The summed E-state index contributed by atoms with van der Waals surface area (Å²) in [7, 11) is 0. The van der Waals surface area contributed by atoms with Gasteiger partial charge in [-0.2, -0.15) is 0 Å². The molecule has 0 spiro atoms. The third-order valence-corrected chi connectivity index (χ3v) is 17.6. The van der Waals surface area contributed by atoms with Gasteiger partial charge in [0, 0.05) is 50.1 Å². The number of rotatable bonds is 12. The van der Waals surface area contributed by atoms with Crippen LogP contribution in [0.5, 0.6) is 0 Å². The Morgan fingerprint density at radius 3 is 1.17 bits per heavy atom. The first-order valence-corrected chi connectivity index (χ1v) is 30.4. The molecule has 444 valence electrons. The van der Waals surface area contributed by atoms with Gasteiger partial charge in [0.25, 0.3) is 0 Å². The summed E-state index contributed by atoms with van der Waals surface area (Å²) >= 11 is 25.7. The van der Waals surface area contributed by atoms with Gasteiger partial charge < -0.3 is 39.3 Å². The summed E-state index contributed by atoms with van der Waals surface area (Å²) in [4.78, 5) is 62.4. The van der Waals surface area contributed by atoms with Gasteiger partial charge >= 0.3 is 12.2 Å². The summed E-state index contributed by atoms with van der Waals surface area (Å²) in [6.45, 7) is 15.1. The second kappa shape index (κ2) is 25.5. The van der Waals surface area contributed by atoms with E-state index in [-0.39, 0.29) is 50.1 Å². The maximum absolute atomic E-state index is 14.6. The van der Waals surface area contributed by atoms with E-state index in [4.69, 9.17) is 55.9 Å². The van der Waals surface area contributed by atoms with Crippen molar-refractivity contribution in [3.8, 4) is 22.3 Å². The van der Waals surface area contributed by atoms with E-state index in [2.05, 4.69) is 0 Å². The maximum Gasteiger partial charge on any atom is 0.410 e. The lowest BCUT2D eigenvalue weighted by molar-refractivity contribution is -0.146. The minimum absolute atomic E-state index is 0.0372. The van der Waals surface area contributed by atoms with Crippen LogP contribution in [0.25, 0.3) is 22.3 Å². The molecule has 2 saturated heterocycles. The molecule has 0 bridgehead atoms. The number of β-amino-alcohol motifs (C(OH)–C–C–N with tert-alkyl or cyclic N) is 2. The average molecular weight is 1220 g/mol. The van der Waals surface area contributed by atoms with Crippen LogP contribution in [0.2, 0.25) is 20.1 Å². The smallest absolute Gasteiger partial charge is 0.410 e. The van der Waals surface area contributed by atoms with E-state index in [1.165, 1.54) is 9.80 Å². The molecule has 84 heavy (non-hydrogen) atoms. The van der Waals surface area contributed by atoms with Crippen molar-refractivity contribution in [2.75, 3.05) is 26.2 Å². The first-order chi connectivity index (χ1) is 39.7. The van der Waals surface area contributed by atoms with Gasteiger partial charge in [0.1, 0.15) is 11.2 Å². The molecule has 2 saturated carbocycles. The highest BCUT2D eigenvalue weighted by molar-refractivity contribution is 6.43. The highest BCUT2D eigenvalue weighted by atomic mass is 35.5. The quantitative estimate of drug-likeness (QED) is 0.123. The normalized spacial score (nSPS) is 22.5. The fourth-order valence-electron chi connectivity index (χ4n) is 12.0. The zero-order valence-corrected chi connectivity index (χ0v) is 52.1. The predicted octanol–water partition coefficient (Wildman–Crippen LogP) is 15.1. The van der Waals surface area contributed by atoms with E-state index >= 15 is 0 Å². The van der Waals surface area contributed by atoms with Crippen LogP contribution in [0.1, 0.15) is 115 Å². The molecule has 6 atom stereocenters. The number of likely N-dealkylation sites (tertiary alicyclic amines) is 2. The Morgan fingerprint density at radius 2 is 0.833 bits per heavy atom. The molecule has 2 N–H and O–H groups in total. The summed E-state index contributed by atoms with van der Waals surface area (Å²) in [6.07, 6.45) is 2.45. The van der Waals surface area contributed by atoms with Crippen LogP contribution in [0.15, 0.2) is 146 Å². The van der Waals surface area contributed by atoms with Crippen LogP contribution in [0.4, 0.5) is 9.59 Å². The van der Waals surface area contributed by atoms with E-state index in [1.807, 2.05) is 143 Å². The number of ether oxygens (including phenoxy) is 2. The molecule has 4 aliphatic rings. The van der Waals surface area contributed by atoms with Gasteiger partial charge in [0.05, 0.1) is 56.2 Å². The van der Waals surface area contributed by atoms with Crippen molar-refractivity contribution >= 4 is 70.4 Å². The van der Waals surface area contributed by atoms with Crippen molar-refractivity contribution < 1.29 is 38.9 Å². The zero-order valence-electron chi connectivity index (χ0n) is 49.0. The summed E-state index contributed by atoms with van der Waals surface area (Å²) < 4.78 is 11.4. The molecule has 12 nitrogen and oxygen atoms in total. The van der Waals surface area contributed by atoms with Crippen molar-refractivity contribution in [1.29, 1.82) is 0 Å². The highest BCUT2D eigenvalue weighted by Gasteiger charge is 2.54. The second-order valence-corrected chi connectivity index (χ2v) is 27.0. The molecular formula is C68H76Cl4N4O8. The van der Waals surface area contributed by atoms with Gasteiger partial charge in [0.15, 0.2) is 0 Å². The van der Waals surface area contributed by atoms with Gasteiger partial charge in [-0.25, -0.2) is 9.59 Å². The first-order valence-electron chi connectivity index (χ1n) is 28.9. The Bertz CT molecular complexity index is 3120. The van der Waals surface area contributed by atoms with Crippen molar-refractivity contribution in [1.82, 2.24) is 19.6 Å². The van der Waals surface area contributed by atoms with Gasteiger partial charge in [-0.3, -0.25) is 9.59 Å². The molecule has 2 heterocycles. The first kappa shape index (κ1) is 62.4. The fourth-order valence-corrected chi connectivity index (χ4v) is 12.7. The van der Waals surface area contributed by atoms with Gasteiger partial charge in [-0.05, 0) is 138 Å². The van der Waals surface area contributed by atoms with Crippen LogP contribution in [-0.2, 0) is 32.2 Å². The second-order valence-electron chi connectivity index (χ2n) is 25.4. The third-order valence-electron chi connectivity index (χ3n) is 15.9. The zero-order chi connectivity index (χ0) is 60.5. The third kappa shape index (κ3) is 15.1. The van der Waals surface area contributed by atoms with E-state index < -0.39 is 58.3 Å². The van der Waals surface area contributed by atoms with Crippen LogP contribution < -0.4 is 0 Å². The van der Waals surface area contributed by atoms with Crippen LogP contribution in [0, 0.1) is 11.8 Å². The molecule has 16 heteroatoms.